The number of hydrogen-bond acceptors (Lipinski definition) is 5. The average molecular weight is 409 g/mol. The first-order chi connectivity index (χ1) is 13.0. The molecular weight excluding hydrogens is 384 g/mol. The monoisotopic (exact) mass is 408 g/mol. The number of halogens is 1. The van der Waals surface area contributed by atoms with Crippen molar-refractivity contribution in [3.63, 3.8) is 0 Å². The molecule has 1 fully saturated rings. The molecule has 6 nitrogen and oxygen atoms in total. The molecule has 1 heterocycles. The Morgan fingerprint density at radius 1 is 1.33 bits per heavy atom. The van der Waals surface area contributed by atoms with Crippen LogP contribution in [0.25, 0.3) is 0 Å². The lowest BCUT2D eigenvalue weighted by molar-refractivity contribution is -0.120. The third-order valence-corrected chi connectivity index (χ3v) is 6.19. The van der Waals surface area contributed by atoms with Crippen LogP contribution in [0.1, 0.15) is 38.9 Å². The van der Waals surface area contributed by atoms with Crippen LogP contribution in [-0.4, -0.2) is 32.9 Å². The number of nitrogens with zero attached hydrogens (tertiary/aromatic N) is 2. The zero-order chi connectivity index (χ0) is 19.2. The molecule has 146 valence electrons. The molecule has 0 aliphatic heterocycles. The molecule has 8 heteroatoms. The second-order valence-corrected chi connectivity index (χ2v) is 8.42. The number of benzene rings is 1. The van der Waals surface area contributed by atoms with Crippen LogP contribution in [0, 0.1) is 11.8 Å². The van der Waals surface area contributed by atoms with E-state index in [0.29, 0.717) is 39.3 Å². The van der Waals surface area contributed by atoms with Gasteiger partial charge < -0.3 is 10.1 Å². The van der Waals surface area contributed by atoms with E-state index in [2.05, 4.69) is 34.3 Å². The van der Waals surface area contributed by atoms with Gasteiger partial charge in [0.1, 0.15) is 12.4 Å². The summed E-state index contributed by atoms with van der Waals surface area (Å²) in [7, 11) is 0. The van der Waals surface area contributed by atoms with E-state index in [1.54, 1.807) is 24.3 Å². The Hall–Kier alpha value is -1.73. The lowest BCUT2D eigenvalue weighted by Crippen LogP contribution is -2.44. The number of rotatable bonds is 7. The highest BCUT2D eigenvalue weighted by Crippen LogP contribution is 2.29. The highest BCUT2D eigenvalue weighted by Gasteiger charge is 2.28. The Balaban J connectivity index is 1.42. The molecule has 0 unspecified atom stereocenters. The smallest absolute Gasteiger partial charge is 0.230 e. The SMILES string of the molecule is C[C@H]1[C@@H](NC(=O)CSc2n[nH]c(COc3ccc(Cl)cc3)n2)CCC[C@@H]1C. The van der Waals surface area contributed by atoms with Crippen LogP contribution in [0.2, 0.25) is 5.02 Å². The van der Waals surface area contributed by atoms with Crippen molar-refractivity contribution in [2.75, 3.05) is 5.75 Å². The summed E-state index contributed by atoms with van der Waals surface area (Å²) in [6.07, 6.45) is 3.50. The lowest BCUT2D eigenvalue weighted by Gasteiger charge is -2.34. The number of aromatic nitrogens is 3. The number of hydrogen-bond donors (Lipinski definition) is 2. The first-order valence-electron chi connectivity index (χ1n) is 9.23. The molecule has 1 aromatic heterocycles. The van der Waals surface area contributed by atoms with E-state index in [9.17, 15) is 4.79 Å². The summed E-state index contributed by atoms with van der Waals surface area (Å²) in [6.45, 7) is 4.77. The molecule has 3 atom stereocenters. The summed E-state index contributed by atoms with van der Waals surface area (Å²) < 4.78 is 5.63. The molecule has 1 aromatic carbocycles. The molecule has 0 radical (unpaired) electrons. The fourth-order valence-corrected chi connectivity index (χ4v) is 4.01. The number of carbonyl (C=O) groups is 1. The Kier molecular flexibility index (Phi) is 7.01. The molecule has 1 aliphatic rings. The van der Waals surface area contributed by atoms with E-state index in [-0.39, 0.29) is 18.6 Å². The van der Waals surface area contributed by atoms with Gasteiger partial charge in [-0.2, -0.15) is 0 Å². The van der Waals surface area contributed by atoms with Gasteiger partial charge >= 0.3 is 0 Å². The Labute approximate surface area is 168 Å². The Bertz CT molecular complexity index is 752. The van der Waals surface area contributed by atoms with Gasteiger partial charge in [-0.3, -0.25) is 9.89 Å². The van der Waals surface area contributed by atoms with Gasteiger partial charge in [0, 0.05) is 11.1 Å². The van der Waals surface area contributed by atoms with Crippen LogP contribution in [0.15, 0.2) is 29.4 Å². The van der Waals surface area contributed by atoms with E-state index < -0.39 is 0 Å². The van der Waals surface area contributed by atoms with Crippen LogP contribution in [0.4, 0.5) is 0 Å². The van der Waals surface area contributed by atoms with Crippen LogP contribution in [0.3, 0.4) is 0 Å². The molecule has 2 aromatic rings. The van der Waals surface area contributed by atoms with Gasteiger partial charge in [-0.25, -0.2) is 4.98 Å². The van der Waals surface area contributed by atoms with Crippen molar-refractivity contribution in [3.05, 3.63) is 35.1 Å². The van der Waals surface area contributed by atoms with Crippen molar-refractivity contribution in [2.24, 2.45) is 11.8 Å². The molecule has 3 rings (SSSR count). The van der Waals surface area contributed by atoms with E-state index in [1.807, 2.05) is 0 Å². The van der Waals surface area contributed by atoms with Gasteiger partial charge in [-0.05, 0) is 42.5 Å². The molecule has 1 aliphatic carbocycles. The highest BCUT2D eigenvalue weighted by atomic mass is 35.5. The maximum atomic E-state index is 12.2. The standard InChI is InChI=1S/C19H25ClN4O2S/c1-12-4-3-5-16(13(12)2)21-18(25)11-27-19-22-17(23-24-19)10-26-15-8-6-14(20)7-9-15/h6-9,12-13,16H,3-5,10-11H2,1-2H3,(H,21,25)(H,22,23,24)/t12-,13+,16-/m0/s1. The molecule has 27 heavy (non-hydrogen) atoms. The number of ether oxygens (including phenoxy) is 1. The van der Waals surface area contributed by atoms with Gasteiger partial charge in [0.05, 0.1) is 5.75 Å². The molecule has 1 saturated carbocycles. The fraction of sp³-hybridized carbons (Fsp3) is 0.526. The minimum absolute atomic E-state index is 0.0368. The molecular formula is C19H25ClN4O2S. The van der Waals surface area contributed by atoms with E-state index in [0.717, 1.165) is 6.42 Å². The van der Waals surface area contributed by atoms with Gasteiger partial charge in [0.2, 0.25) is 11.1 Å². The molecule has 0 bridgehead atoms. The van der Waals surface area contributed by atoms with E-state index in [1.165, 1.54) is 24.6 Å². The average Bonchev–Trinajstić information content (AvgIpc) is 3.11. The number of thioether (sulfide) groups is 1. The summed E-state index contributed by atoms with van der Waals surface area (Å²) in [5, 5.41) is 11.4. The van der Waals surface area contributed by atoms with Crippen molar-refractivity contribution in [2.45, 2.75) is 50.9 Å². The third kappa shape index (κ3) is 5.87. The van der Waals surface area contributed by atoms with Crippen molar-refractivity contribution < 1.29 is 9.53 Å². The van der Waals surface area contributed by atoms with Crippen LogP contribution >= 0.6 is 23.4 Å². The van der Waals surface area contributed by atoms with Crippen molar-refractivity contribution in [3.8, 4) is 5.75 Å². The molecule has 0 saturated heterocycles. The largest absolute Gasteiger partial charge is 0.486 e. The minimum Gasteiger partial charge on any atom is -0.486 e. The third-order valence-electron chi connectivity index (χ3n) is 5.09. The zero-order valence-electron chi connectivity index (χ0n) is 15.6. The fourth-order valence-electron chi connectivity index (χ4n) is 3.25. The number of amides is 1. The summed E-state index contributed by atoms with van der Waals surface area (Å²) in [4.78, 5) is 16.6. The van der Waals surface area contributed by atoms with Gasteiger partial charge in [-0.15, -0.1) is 5.10 Å². The summed E-state index contributed by atoms with van der Waals surface area (Å²) in [5.74, 6) is 2.85. The first kappa shape index (κ1) is 20.0. The maximum absolute atomic E-state index is 12.2. The summed E-state index contributed by atoms with van der Waals surface area (Å²) >= 11 is 7.17. The van der Waals surface area contributed by atoms with E-state index in [4.69, 9.17) is 16.3 Å². The second kappa shape index (κ2) is 9.46. The maximum Gasteiger partial charge on any atom is 0.230 e. The summed E-state index contributed by atoms with van der Waals surface area (Å²) in [6, 6.07) is 7.41. The van der Waals surface area contributed by atoms with Crippen molar-refractivity contribution in [1.29, 1.82) is 0 Å². The quantitative estimate of drug-likeness (QED) is 0.675. The normalized spacial score (nSPS) is 22.4. The summed E-state index contributed by atoms with van der Waals surface area (Å²) in [5.41, 5.74) is 0. The van der Waals surface area contributed by atoms with Crippen LogP contribution in [-0.2, 0) is 11.4 Å². The second-order valence-electron chi connectivity index (χ2n) is 7.04. The molecule has 1 amide bonds. The zero-order valence-corrected chi connectivity index (χ0v) is 17.1. The van der Waals surface area contributed by atoms with Gasteiger partial charge in [0.25, 0.3) is 0 Å². The van der Waals surface area contributed by atoms with Crippen LogP contribution < -0.4 is 10.1 Å². The first-order valence-corrected chi connectivity index (χ1v) is 10.6. The predicted molar refractivity (Wildman–Crippen MR) is 107 cm³/mol. The Morgan fingerprint density at radius 2 is 2.11 bits per heavy atom. The number of carbonyl (C=O) groups excluding carboxylic acids is 1. The lowest BCUT2D eigenvalue weighted by atomic mass is 9.78. The van der Waals surface area contributed by atoms with Gasteiger partial charge in [0.15, 0.2) is 5.82 Å². The number of nitrogens with one attached hydrogen (secondary N) is 2. The van der Waals surface area contributed by atoms with Crippen LogP contribution in [0.5, 0.6) is 5.75 Å². The van der Waals surface area contributed by atoms with Crippen molar-refractivity contribution in [1.82, 2.24) is 20.5 Å². The van der Waals surface area contributed by atoms with E-state index >= 15 is 0 Å². The molecule has 2 N–H and O–H groups in total. The number of aromatic amines is 1. The Morgan fingerprint density at radius 3 is 2.89 bits per heavy atom. The predicted octanol–water partition coefficient (Wildman–Crippen LogP) is 4.07. The number of H-pyrrole nitrogens is 1. The minimum atomic E-state index is 0.0368. The van der Waals surface area contributed by atoms with Gasteiger partial charge in [-0.1, -0.05) is 50.1 Å². The van der Waals surface area contributed by atoms with Crippen molar-refractivity contribution >= 4 is 29.3 Å². The highest BCUT2D eigenvalue weighted by molar-refractivity contribution is 7.99. The topological polar surface area (TPSA) is 79.9 Å². The molecule has 0 spiro atoms.